The van der Waals surface area contributed by atoms with Crippen LogP contribution in [0.2, 0.25) is 0 Å². The summed E-state index contributed by atoms with van der Waals surface area (Å²) < 4.78 is 5.76. The van der Waals surface area contributed by atoms with E-state index in [1.807, 2.05) is 30.3 Å². The minimum atomic E-state index is -0.148. The van der Waals surface area contributed by atoms with Crippen LogP contribution in [-0.2, 0) is 19.1 Å². The molecule has 0 aliphatic carbocycles. The van der Waals surface area contributed by atoms with Crippen molar-refractivity contribution in [3.05, 3.63) is 35.9 Å². The molecule has 134 valence electrons. The van der Waals surface area contributed by atoms with E-state index in [9.17, 15) is 14.4 Å². The van der Waals surface area contributed by atoms with Crippen molar-refractivity contribution in [2.24, 2.45) is 0 Å². The average molecular weight is 345 g/mol. The molecule has 0 aromatic heterocycles. The van der Waals surface area contributed by atoms with Gasteiger partial charge in [-0.05, 0) is 5.56 Å². The number of rotatable bonds is 4. The second-order valence-corrected chi connectivity index (χ2v) is 6.28. The van der Waals surface area contributed by atoms with Crippen LogP contribution in [0.4, 0.5) is 0 Å². The molecule has 0 bridgehead atoms. The largest absolute Gasteiger partial charge is 0.370 e. The van der Waals surface area contributed by atoms with Gasteiger partial charge in [0, 0.05) is 32.5 Å². The van der Waals surface area contributed by atoms with Crippen LogP contribution in [0.15, 0.2) is 30.3 Å². The molecule has 7 heteroatoms. The molecule has 1 atom stereocenters. The van der Waals surface area contributed by atoms with E-state index in [1.165, 1.54) is 4.90 Å². The van der Waals surface area contributed by atoms with Gasteiger partial charge in [0.15, 0.2) is 0 Å². The summed E-state index contributed by atoms with van der Waals surface area (Å²) in [5, 5.41) is 2.68. The Balaban J connectivity index is 1.49. The Labute approximate surface area is 146 Å². The van der Waals surface area contributed by atoms with Crippen LogP contribution in [0, 0.1) is 0 Å². The lowest BCUT2D eigenvalue weighted by Gasteiger charge is -2.33. The van der Waals surface area contributed by atoms with Crippen LogP contribution in [0.5, 0.6) is 0 Å². The predicted molar refractivity (Wildman–Crippen MR) is 90.5 cm³/mol. The molecule has 2 saturated heterocycles. The minimum Gasteiger partial charge on any atom is -0.370 e. The number of carbonyl (C=O) groups is 3. The first kappa shape index (κ1) is 17.4. The molecular formula is C18H23N3O4. The summed E-state index contributed by atoms with van der Waals surface area (Å²) in [5.41, 5.74) is 1.05. The van der Waals surface area contributed by atoms with E-state index in [1.54, 1.807) is 4.90 Å². The van der Waals surface area contributed by atoms with Crippen LogP contribution in [0.25, 0.3) is 0 Å². The molecule has 1 N–H and O–H groups in total. The third kappa shape index (κ3) is 4.57. The van der Waals surface area contributed by atoms with Gasteiger partial charge < -0.3 is 19.9 Å². The standard InChI is InChI=1S/C18H23N3O4/c22-16-13-20(9-8-19-16)17(23)6-7-18(24)21-10-11-25-15(12-21)14-4-2-1-3-5-14/h1-5,15H,6-13H2,(H,19,22)/t15-/m0/s1. The van der Waals surface area contributed by atoms with Crippen LogP contribution < -0.4 is 5.32 Å². The van der Waals surface area contributed by atoms with Crippen molar-refractivity contribution in [2.75, 3.05) is 39.3 Å². The van der Waals surface area contributed by atoms with E-state index in [2.05, 4.69) is 5.32 Å². The van der Waals surface area contributed by atoms with Crippen molar-refractivity contribution >= 4 is 17.7 Å². The zero-order chi connectivity index (χ0) is 17.6. The van der Waals surface area contributed by atoms with Crippen molar-refractivity contribution in [3.63, 3.8) is 0 Å². The molecule has 3 rings (SSSR count). The maximum atomic E-state index is 12.4. The fraction of sp³-hybridized carbons (Fsp3) is 0.500. The SMILES string of the molecule is O=C1CN(C(=O)CCC(=O)N2CCO[C@H](c3ccccc3)C2)CCN1. The average Bonchev–Trinajstić information content (AvgIpc) is 2.66. The van der Waals surface area contributed by atoms with Gasteiger partial charge in [-0.1, -0.05) is 30.3 Å². The molecular weight excluding hydrogens is 322 g/mol. The summed E-state index contributed by atoms with van der Waals surface area (Å²) in [7, 11) is 0. The molecule has 0 saturated carbocycles. The summed E-state index contributed by atoms with van der Waals surface area (Å²) >= 11 is 0. The second-order valence-electron chi connectivity index (χ2n) is 6.28. The van der Waals surface area contributed by atoms with Crippen LogP contribution in [-0.4, -0.2) is 66.9 Å². The topological polar surface area (TPSA) is 79.0 Å². The number of hydrogen-bond donors (Lipinski definition) is 1. The maximum Gasteiger partial charge on any atom is 0.239 e. The molecule has 3 amide bonds. The highest BCUT2D eigenvalue weighted by molar-refractivity contribution is 5.88. The number of benzene rings is 1. The van der Waals surface area contributed by atoms with Crippen molar-refractivity contribution in [1.82, 2.24) is 15.1 Å². The molecule has 2 fully saturated rings. The van der Waals surface area contributed by atoms with Crippen molar-refractivity contribution < 1.29 is 19.1 Å². The van der Waals surface area contributed by atoms with Crippen LogP contribution in [0.1, 0.15) is 24.5 Å². The fourth-order valence-electron chi connectivity index (χ4n) is 3.13. The molecule has 1 aromatic rings. The number of piperazine rings is 1. The van der Waals surface area contributed by atoms with Crippen molar-refractivity contribution in [1.29, 1.82) is 0 Å². The Morgan fingerprint density at radius 2 is 1.80 bits per heavy atom. The number of ether oxygens (including phenoxy) is 1. The van der Waals surface area contributed by atoms with Crippen LogP contribution >= 0.6 is 0 Å². The number of amides is 3. The molecule has 2 aliphatic rings. The quantitative estimate of drug-likeness (QED) is 0.853. The molecule has 25 heavy (non-hydrogen) atoms. The Morgan fingerprint density at radius 3 is 2.52 bits per heavy atom. The molecule has 0 spiro atoms. The van der Waals surface area contributed by atoms with E-state index >= 15 is 0 Å². The zero-order valence-corrected chi connectivity index (χ0v) is 14.1. The van der Waals surface area contributed by atoms with E-state index in [0.29, 0.717) is 32.8 Å². The van der Waals surface area contributed by atoms with Gasteiger partial charge in [-0.3, -0.25) is 14.4 Å². The third-order valence-corrected chi connectivity index (χ3v) is 4.53. The molecule has 0 radical (unpaired) electrons. The number of nitrogens with zero attached hydrogens (tertiary/aromatic N) is 2. The lowest BCUT2D eigenvalue weighted by molar-refractivity contribution is -0.143. The molecule has 0 unspecified atom stereocenters. The summed E-state index contributed by atoms with van der Waals surface area (Å²) in [5.74, 6) is -0.333. The maximum absolute atomic E-state index is 12.4. The van der Waals surface area contributed by atoms with E-state index in [0.717, 1.165) is 5.56 Å². The lowest BCUT2D eigenvalue weighted by Crippen LogP contribution is -2.50. The Kier molecular flexibility index (Phi) is 5.65. The highest BCUT2D eigenvalue weighted by atomic mass is 16.5. The molecule has 7 nitrogen and oxygen atoms in total. The summed E-state index contributed by atoms with van der Waals surface area (Å²) in [4.78, 5) is 39.2. The summed E-state index contributed by atoms with van der Waals surface area (Å²) in [6, 6.07) is 9.83. The fourth-order valence-corrected chi connectivity index (χ4v) is 3.13. The molecule has 2 heterocycles. The van der Waals surface area contributed by atoms with Crippen LogP contribution in [0.3, 0.4) is 0 Å². The number of carbonyl (C=O) groups excluding carboxylic acids is 3. The molecule has 1 aromatic carbocycles. The Hall–Kier alpha value is -2.41. The number of nitrogens with one attached hydrogen (secondary N) is 1. The highest BCUT2D eigenvalue weighted by Crippen LogP contribution is 2.22. The first-order valence-corrected chi connectivity index (χ1v) is 8.62. The number of morpholine rings is 1. The molecule has 2 aliphatic heterocycles. The van der Waals surface area contributed by atoms with Gasteiger partial charge in [0.05, 0.1) is 19.7 Å². The first-order valence-electron chi connectivity index (χ1n) is 8.62. The summed E-state index contributed by atoms with van der Waals surface area (Å²) in [6.07, 6.45) is 0.179. The van der Waals surface area contributed by atoms with Crippen molar-refractivity contribution in [2.45, 2.75) is 18.9 Å². The van der Waals surface area contributed by atoms with Gasteiger partial charge in [0.25, 0.3) is 0 Å². The monoisotopic (exact) mass is 345 g/mol. The second kappa shape index (κ2) is 8.11. The first-order chi connectivity index (χ1) is 12.1. The lowest BCUT2D eigenvalue weighted by atomic mass is 10.1. The number of hydrogen-bond acceptors (Lipinski definition) is 4. The van der Waals surface area contributed by atoms with Gasteiger partial charge in [0.2, 0.25) is 17.7 Å². The van der Waals surface area contributed by atoms with Gasteiger partial charge in [0.1, 0.15) is 6.10 Å². The van der Waals surface area contributed by atoms with E-state index < -0.39 is 0 Å². The van der Waals surface area contributed by atoms with E-state index in [-0.39, 0.29) is 43.2 Å². The van der Waals surface area contributed by atoms with Gasteiger partial charge in [-0.25, -0.2) is 0 Å². The third-order valence-electron chi connectivity index (χ3n) is 4.53. The minimum absolute atomic E-state index is 0.0426. The normalized spacial score (nSPS) is 21.0. The van der Waals surface area contributed by atoms with E-state index in [4.69, 9.17) is 4.74 Å². The predicted octanol–water partition coefficient (Wildman–Crippen LogP) is 0.325. The summed E-state index contributed by atoms with van der Waals surface area (Å²) in [6.45, 7) is 2.60. The van der Waals surface area contributed by atoms with Gasteiger partial charge in [-0.15, -0.1) is 0 Å². The highest BCUT2D eigenvalue weighted by Gasteiger charge is 2.27. The van der Waals surface area contributed by atoms with Gasteiger partial charge >= 0.3 is 0 Å². The Morgan fingerprint density at radius 1 is 1.08 bits per heavy atom. The smallest absolute Gasteiger partial charge is 0.239 e. The van der Waals surface area contributed by atoms with Gasteiger partial charge in [-0.2, -0.15) is 0 Å². The van der Waals surface area contributed by atoms with Crippen molar-refractivity contribution in [3.8, 4) is 0 Å². The zero-order valence-electron chi connectivity index (χ0n) is 14.1. The Bertz CT molecular complexity index is 634.